The lowest BCUT2D eigenvalue weighted by molar-refractivity contribution is 0.413. The molecule has 4 heteroatoms. The Kier molecular flexibility index (Phi) is 4.31. The van der Waals surface area contributed by atoms with Gasteiger partial charge in [-0.1, -0.05) is 52.3 Å². The van der Waals surface area contributed by atoms with Crippen LogP contribution in [0, 0.1) is 0 Å². The number of hydrogen-bond donors (Lipinski definition) is 1. The van der Waals surface area contributed by atoms with E-state index in [4.69, 9.17) is 0 Å². The van der Waals surface area contributed by atoms with Crippen molar-refractivity contribution in [2.24, 2.45) is 0 Å². The van der Waals surface area contributed by atoms with Gasteiger partial charge in [-0.2, -0.15) is 0 Å². The highest BCUT2D eigenvalue weighted by Gasteiger charge is 2.26. The lowest BCUT2D eigenvalue weighted by atomic mass is 9.79. The van der Waals surface area contributed by atoms with Crippen molar-refractivity contribution in [3.63, 3.8) is 0 Å². The standard InChI is InChI=1S/C20H25N3O/c1-5-11-20(3,4)15-12-14(6-2)13-18(19(15)24)23-21-16-9-7-8-10-17(16)22-23/h7-10,12-13,24H,5-6,11H2,1-4H3. The van der Waals surface area contributed by atoms with Gasteiger partial charge in [0, 0.05) is 5.56 Å². The van der Waals surface area contributed by atoms with Crippen LogP contribution < -0.4 is 0 Å². The van der Waals surface area contributed by atoms with Crippen LogP contribution in [0.1, 0.15) is 51.7 Å². The molecule has 0 amide bonds. The molecule has 24 heavy (non-hydrogen) atoms. The van der Waals surface area contributed by atoms with Gasteiger partial charge in [0.25, 0.3) is 0 Å². The predicted molar refractivity (Wildman–Crippen MR) is 97.8 cm³/mol. The number of hydrogen-bond acceptors (Lipinski definition) is 3. The molecule has 0 radical (unpaired) electrons. The fraction of sp³-hybridized carbons (Fsp3) is 0.400. The van der Waals surface area contributed by atoms with E-state index in [1.807, 2.05) is 30.3 Å². The van der Waals surface area contributed by atoms with Crippen molar-refractivity contribution in [1.29, 1.82) is 0 Å². The maximum absolute atomic E-state index is 10.9. The summed E-state index contributed by atoms with van der Waals surface area (Å²) in [5.41, 5.74) is 4.38. The number of fused-ring (bicyclic) bond motifs is 1. The van der Waals surface area contributed by atoms with Crippen LogP contribution in [0.5, 0.6) is 5.75 Å². The average Bonchev–Trinajstić information content (AvgIpc) is 2.98. The molecule has 0 fully saturated rings. The summed E-state index contributed by atoms with van der Waals surface area (Å²) >= 11 is 0. The summed E-state index contributed by atoms with van der Waals surface area (Å²) in [7, 11) is 0. The Balaban J connectivity index is 2.20. The first-order valence-electron chi connectivity index (χ1n) is 8.65. The molecule has 0 atom stereocenters. The van der Waals surface area contributed by atoms with Gasteiger partial charge in [0.1, 0.15) is 22.5 Å². The summed E-state index contributed by atoms with van der Waals surface area (Å²) in [6.07, 6.45) is 2.99. The highest BCUT2D eigenvalue weighted by Crippen LogP contribution is 2.39. The van der Waals surface area contributed by atoms with Crippen LogP contribution in [0.3, 0.4) is 0 Å². The normalized spacial score (nSPS) is 12.0. The second kappa shape index (κ2) is 6.27. The van der Waals surface area contributed by atoms with E-state index in [2.05, 4.69) is 44.0 Å². The van der Waals surface area contributed by atoms with Crippen molar-refractivity contribution >= 4 is 11.0 Å². The smallest absolute Gasteiger partial charge is 0.146 e. The minimum absolute atomic E-state index is 0.0919. The molecule has 4 nitrogen and oxygen atoms in total. The van der Waals surface area contributed by atoms with Crippen molar-refractivity contribution in [3.05, 3.63) is 47.5 Å². The molecule has 126 valence electrons. The predicted octanol–water partition coefficient (Wildman–Crippen LogP) is 4.77. The van der Waals surface area contributed by atoms with Crippen LogP contribution in [-0.4, -0.2) is 20.1 Å². The van der Waals surface area contributed by atoms with Crippen LogP contribution in [0.25, 0.3) is 16.7 Å². The molecule has 2 aromatic carbocycles. The first-order chi connectivity index (χ1) is 11.5. The molecule has 0 spiro atoms. The highest BCUT2D eigenvalue weighted by atomic mass is 16.3. The van der Waals surface area contributed by atoms with Gasteiger partial charge in [-0.15, -0.1) is 15.0 Å². The Morgan fingerprint density at radius 2 is 1.67 bits per heavy atom. The quantitative estimate of drug-likeness (QED) is 0.736. The lowest BCUT2D eigenvalue weighted by Crippen LogP contribution is -2.18. The summed E-state index contributed by atoms with van der Waals surface area (Å²) in [5, 5.41) is 20.0. The first kappa shape index (κ1) is 16.5. The minimum atomic E-state index is -0.0919. The third kappa shape index (κ3) is 2.88. The Bertz CT molecular complexity index is 831. The summed E-state index contributed by atoms with van der Waals surface area (Å²) in [5.74, 6) is 0.283. The van der Waals surface area contributed by atoms with Crippen LogP contribution in [-0.2, 0) is 11.8 Å². The van der Waals surface area contributed by atoms with Gasteiger partial charge in [0.05, 0.1) is 0 Å². The van der Waals surface area contributed by atoms with Gasteiger partial charge in [-0.25, -0.2) is 0 Å². The van der Waals surface area contributed by atoms with Gasteiger partial charge >= 0.3 is 0 Å². The van der Waals surface area contributed by atoms with Crippen molar-refractivity contribution in [2.75, 3.05) is 0 Å². The zero-order valence-corrected chi connectivity index (χ0v) is 14.9. The number of nitrogens with zero attached hydrogens (tertiary/aromatic N) is 3. The molecule has 0 aliphatic carbocycles. The Labute approximate surface area is 143 Å². The largest absolute Gasteiger partial charge is 0.505 e. The van der Waals surface area contributed by atoms with E-state index < -0.39 is 0 Å². The number of rotatable bonds is 5. The molecule has 1 N–H and O–H groups in total. The molecule has 0 aliphatic rings. The van der Waals surface area contributed by atoms with E-state index in [1.165, 1.54) is 5.56 Å². The van der Waals surface area contributed by atoms with Crippen LogP contribution in [0.2, 0.25) is 0 Å². The molecule has 3 aromatic rings. The third-order valence-electron chi connectivity index (χ3n) is 4.66. The first-order valence-corrected chi connectivity index (χ1v) is 8.65. The topological polar surface area (TPSA) is 50.9 Å². The van der Waals surface area contributed by atoms with E-state index in [0.717, 1.165) is 35.9 Å². The molecule has 1 aromatic heterocycles. The van der Waals surface area contributed by atoms with Crippen LogP contribution in [0.15, 0.2) is 36.4 Å². The molecular weight excluding hydrogens is 298 g/mol. The third-order valence-corrected chi connectivity index (χ3v) is 4.66. The molecule has 1 heterocycles. The fourth-order valence-corrected chi connectivity index (χ4v) is 3.28. The van der Waals surface area contributed by atoms with Crippen molar-refractivity contribution in [2.45, 2.75) is 52.4 Å². The number of phenolic OH excluding ortho intramolecular Hbond substituents is 1. The van der Waals surface area contributed by atoms with Gasteiger partial charge < -0.3 is 5.11 Å². The minimum Gasteiger partial charge on any atom is -0.505 e. The summed E-state index contributed by atoms with van der Waals surface area (Å²) in [4.78, 5) is 1.56. The van der Waals surface area contributed by atoms with Gasteiger partial charge in [0.2, 0.25) is 0 Å². The van der Waals surface area contributed by atoms with Gasteiger partial charge in [-0.3, -0.25) is 0 Å². The number of aryl methyl sites for hydroxylation is 1. The highest BCUT2D eigenvalue weighted by molar-refractivity contribution is 5.73. The van der Waals surface area contributed by atoms with Crippen molar-refractivity contribution in [1.82, 2.24) is 15.0 Å². The molecular formula is C20H25N3O. The SMILES string of the molecule is CCCC(C)(C)c1cc(CC)cc(-n2nc3ccccc3n2)c1O. The second-order valence-electron chi connectivity index (χ2n) is 6.98. The molecule has 0 unspecified atom stereocenters. The van der Waals surface area contributed by atoms with Gasteiger partial charge in [-0.05, 0) is 42.0 Å². The van der Waals surface area contributed by atoms with E-state index in [-0.39, 0.29) is 11.2 Å². The van der Waals surface area contributed by atoms with Crippen molar-refractivity contribution in [3.8, 4) is 11.4 Å². The lowest BCUT2D eigenvalue weighted by Gasteiger charge is -2.27. The molecule has 3 rings (SSSR count). The summed E-state index contributed by atoms with van der Waals surface area (Å²) in [6.45, 7) is 8.66. The Hall–Kier alpha value is -2.36. The maximum atomic E-state index is 10.9. The van der Waals surface area contributed by atoms with Crippen LogP contribution >= 0.6 is 0 Å². The zero-order valence-electron chi connectivity index (χ0n) is 14.9. The Morgan fingerprint density at radius 1 is 1.04 bits per heavy atom. The molecule has 0 saturated heterocycles. The van der Waals surface area contributed by atoms with E-state index in [0.29, 0.717) is 5.69 Å². The molecule has 0 bridgehead atoms. The Morgan fingerprint density at radius 3 is 2.21 bits per heavy atom. The van der Waals surface area contributed by atoms with E-state index in [9.17, 15) is 5.11 Å². The van der Waals surface area contributed by atoms with Crippen molar-refractivity contribution < 1.29 is 5.11 Å². The monoisotopic (exact) mass is 323 g/mol. The average molecular weight is 323 g/mol. The van der Waals surface area contributed by atoms with E-state index in [1.54, 1.807) is 4.80 Å². The number of aromatic hydroxyl groups is 1. The fourth-order valence-electron chi connectivity index (χ4n) is 3.28. The molecule has 0 saturated carbocycles. The van der Waals surface area contributed by atoms with E-state index >= 15 is 0 Å². The number of aromatic nitrogens is 3. The second-order valence-corrected chi connectivity index (χ2v) is 6.98. The number of benzene rings is 2. The number of phenols is 1. The maximum Gasteiger partial charge on any atom is 0.146 e. The summed E-state index contributed by atoms with van der Waals surface area (Å²) in [6, 6.07) is 11.9. The van der Waals surface area contributed by atoms with Gasteiger partial charge in [0.15, 0.2) is 0 Å². The van der Waals surface area contributed by atoms with Crippen LogP contribution in [0.4, 0.5) is 0 Å². The molecule has 0 aliphatic heterocycles. The zero-order chi connectivity index (χ0) is 17.3. The summed E-state index contributed by atoms with van der Waals surface area (Å²) < 4.78 is 0.